The van der Waals surface area contributed by atoms with Crippen LogP contribution in [0.2, 0.25) is 0 Å². The van der Waals surface area contributed by atoms with E-state index in [1.807, 2.05) is 6.07 Å². The van der Waals surface area contributed by atoms with E-state index >= 15 is 0 Å². The number of nitriles is 1. The van der Waals surface area contributed by atoms with Crippen LogP contribution in [-0.4, -0.2) is 28.0 Å². The van der Waals surface area contributed by atoms with Crippen molar-refractivity contribution in [3.05, 3.63) is 82.9 Å². The van der Waals surface area contributed by atoms with Crippen molar-refractivity contribution in [3.63, 3.8) is 0 Å². The number of rotatable bonds is 4. The smallest absolute Gasteiger partial charge is 0.262 e. The highest BCUT2D eigenvalue weighted by Crippen LogP contribution is 2.46. The number of hydrogen-bond donors (Lipinski definition) is 0. The van der Waals surface area contributed by atoms with E-state index in [9.17, 15) is 14.4 Å². The maximum absolute atomic E-state index is 12.6. The molecule has 0 radical (unpaired) electrons. The van der Waals surface area contributed by atoms with Gasteiger partial charge >= 0.3 is 0 Å². The van der Waals surface area contributed by atoms with Gasteiger partial charge in [0.15, 0.2) is 5.78 Å². The van der Waals surface area contributed by atoms with E-state index in [0.29, 0.717) is 35.1 Å². The van der Waals surface area contributed by atoms with Crippen LogP contribution in [0.4, 0.5) is 0 Å². The van der Waals surface area contributed by atoms with E-state index < -0.39 is 5.54 Å². The van der Waals surface area contributed by atoms with Crippen LogP contribution in [0.5, 0.6) is 0 Å². The fourth-order valence-corrected chi connectivity index (χ4v) is 3.22. The standard InChI is InChI=1S/C21H14N2O3/c22-13-14-5-7-15(8-6-14)18(24)9-10-21(11-12-21)23-19(25)16-3-1-2-4-17(16)20(23)26/h1-10H,11-12H2/b10-9+. The summed E-state index contributed by atoms with van der Waals surface area (Å²) in [6.07, 6.45) is 4.37. The Kier molecular flexibility index (Phi) is 3.55. The summed E-state index contributed by atoms with van der Waals surface area (Å²) in [5.74, 6) is -0.838. The molecule has 5 heteroatoms. The molecule has 0 unspecified atom stereocenters. The van der Waals surface area contributed by atoms with E-state index in [-0.39, 0.29) is 17.6 Å². The highest BCUT2D eigenvalue weighted by molar-refractivity contribution is 6.22. The predicted molar refractivity (Wildman–Crippen MR) is 93.5 cm³/mol. The first kappa shape index (κ1) is 16.0. The van der Waals surface area contributed by atoms with Gasteiger partial charge in [0.25, 0.3) is 11.8 Å². The summed E-state index contributed by atoms with van der Waals surface area (Å²) in [5.41, 5.74) is 1.05. The molecule has 0 aromatic heterocycles. The molecule has 4 rings (SSSR count). The topological polar surface area (TPSA) is 78.2 Å². The van der Waals surface area contributed by atoms with Crippen molar-refractivity contribution in [1.29, 1.82) is 5.26 Å². The van der Waals surface area contributed by atoms with Gasteiger partial charge in [0.1, 0.15) is 0 Å². The molecule has 0 saturated heterocycles. The minimum atomic E-state index is -0.713. The number of hydrogen-bond acceptors (Lipinski definition) is 4. The zero-order valence-electron chi connectivity index (χ0n) is 13.8. The summed E-state index contributed by atoms with van der Waals surface area (Å²) in [6, 6.07) is 15.1. The monoisotopic (exact) mass is 342 g/mol. The van der Waals surface area contributed by atoms with E-state index in [2.05, 4.69) is 0 Å². The summed E-state index contributed by atoms with van der Waals surface area (Å²) < 4.78 is 0. The molecule has 0 N–H and O–H groups in total. The maximum atomic E-state index is 12.6. The highest BCUT2D eigenvalue weighted by Gasteiger charge is 2.54. The second kappa shape index (κ2) is 5.78. The van der Waals surface area contributed by atoms with Gasteiger partial charge in [0.05, 0.1) is 28.3 Å². The molecule has 0 atom stereocenters. The van der Waals surface area contributed by atoms with Gasteiger partial charge < -0.3 is 0 Å². The van der Waals surface area contributed by atoms with Crippen LogP contribution in [0, 0.1) is 11.3 Å². The molecular weight excluding hydrogens is 328 g/mol. The van der Waals surface area contributed by atoms with Crippen molar-refractivity contribution in [3.8, 4) is 6.07 Å². The Morgan fingerprint density at radius 2 is 1.58 bits per heavy atom. The number of carbonyl (C=O) groups excluding carboxylic acids is 3. The molecule has 2 aromatic carbocycles. The molecule has 0 spiro atoms. The minimum Gasteiger partial charge on any atom is -0.289 e. The Labute approximate surface area is 150 Å². The van der Waals surface area contributed by atoms with Crippen LogP contribution in [-0.2, 0) is 0 Å². The molecule has 2 amide bonds. The summed E-state index contributed by atoms with van der Waals surface area (Å²) in [5, 5.41) is 8.81. The van der Waals surface area contributed by atoms with Crippen molar-refractivity contribution in [2.75, 3.05) is 0 Å². The lowest BCUT2D eigenvalue weighted by Gasteiger charge is -2.22. The predicted octanol–water partition coefficient (Wildman–Crippen LogP) is 3.13. The average Bonchev–Trinajstić information content (AvgIpc) is 3.41. The molecule has 1 aliphatic carbocycles. The number of benzene rings is 2. The van der Waals surface area contributed by atoms with E-state index in [4.69, 9.17) is 5.26 Å². The Balaban J connectivity index is 1.58. The molecule has 5 nitrogen and oxygen atoms in total. The zero-order chi connectivity index (χ0) is 18.3. The summed E-state index contributed by atoms with van der Waals surface area (Å²) in [6.45, 7) is 0. The lowest BCUT2D eigenvalue weighted by Crippen LogP contribution is -2.40. The summed E-state index contributed by atoms with van der Waals surface area (Å²) in [4.78, 5) is 38.9. The molecule has 1 fully saturated rings. The number of fused-ring (bicyclic) bond motifs is 1. The van der Waals surface area contributed by atoms with Gasteiger partial charge in [0, 0.05) is 5.56 Å². The van der Waals surface area contributed by atoms with Crippen LogP contribution in [0.3, 0.4) is 0 Å². The van der Waals surface area contributed by atoms with Crippen LogP contribution in [0.25, 0.3) is 0 Å². The SMILES string of the molecule is N#Cc1ccc(C(=O)/C=C/C2(N3C(=O)c4ccccc4C3=O)CC2)cc1. The molecule has 26 heavy (non-hydrogen) atoms. The molecule has 126 valence electrons. The Bertz CT molecular complexity index is 973. The molecule has 2 aliphatic rings. The van der Waals surface area contributed by atoms with E-state index in [1.165, 1.54) is 11.0 Å². The zero-order valence-corrected chi connectivity index (χ0v) is 13.8. The number of ketones is 1. The number of amides is 2. The van der Waals surface area contributed by atoms with Gasteiger partial charge in [-0.05, 0) is 55.3 Å². The largest absolute Gasteiger partial charge is 0.289 e. The first-order valence-corrected chi connectivity index (χ1v) is 8.27. The quantitative estimate of drug-likeness (QED) is 0.486. The van der Waals surface area contributed by atoms with Crippen LogP contribution >= 0.6 is 0 Å². The molecule has 0 bridgehead atoms. The fraction of sp³-hybridized carbons (Fsp3) is 0.143. The Morgan fingerprint density at radius 1 is 1.00 bits per heavy atom. The minimum absolute atomic E-state index is 0.225. The first-order valence-electron chi connectivity index (χ1n) is 8.27. The van der Waals surface area contributed by atoms with Gasteiger partial charge in [-0.1, -0.05) is 18.2 Å². The second-order valence-electron chi connectivity index (χ2n) is 6.48. The van der Waals surface area contributed by atoms with Crippen LogP contribution in [0.15, 0.2) is 60.7 Å². The first-order chi connectivity index (χ1) is 12.6. The molecule has 1 heterocycles. The van der Waals surface area contributed by atoms with E-state index in [0.717, 1.165) is 0 Å². The van der Waals surface area contributed by atoms with E-state index in [1.54, 1.807) is 54.6 Å². The fourth-order valence-electron chi connectivity index (χ4n) is 3.22. The maximum Gasteiger partial charge on any atom is 0.262 e. The van der Waals surface area contributed by atoms with Crippen molar-refractivity contribution < 1.29 is 14.4 Å². The molecular formula is C21H14N2O3. The summed E-state index contributed by atoms with van der Waals surface area (Å²) in [7, 11) is 0. The van der Waals surface area contributed by atoms with Gasteiger partial charge in [-0.3, -0.25) is 19.3 Å². The Hall–Kier alpha value is -3.52. The van der Waals surface area contributed by atoms with Gasteiger partial charge in [-0.25, -0.2) is 0 Å². The van der Waals surface area contributed by atoms with Gasteiger partial charge in [-0.2, -0.15) is 5.26 Å². The van der Waals surface area contributed by atoms with Crippen molar-refractivity contribution in [1.82, 2.24) is 4.90 Å². The van der Waals surface area contributed by atoms with Gasteiger partial charge in [-0.15, -0.1) is 0 Å². The van der Waals surface area contributed by atoms with Gasteiger partial charge in [0.2, 0.25) is 0 Å². The highest BCUT2D eigenvalue weighted by atomic mass is 16.2. The number of carbonyl (C=O) groups is 3. The number of allylic oxidation sites excluding steroid dienone is 1. The van der Waals surface area contributed by atoms with Crippen molar-refractivity contribution in [2.24, 2.45) is 0 Å². The molecule has 1 saturated carbocycles. The number of nitrogens with zero attached hydrogens (tertiary/aromatic N) is 2. The molecule has 1 aliphatic heterocycles. The van der Waals surface area contributed by atoms with Crippen LogP contribution in [0.1, 0.15) is 49.5 Å². The second-order valence-corrected chi connectivity index (χ2v) is 6.48. The lowest BCUT2D eigenvalue weighted by atomic mass is 10.1. The summed E-state index contributed by atoms with van der Waals surface area (Å²) >= 11 is 0. The van der Waals surface area contributed by atoms with Crippen molar-refractivity contribution in [2.45, 2.75) is 18.4 Å². The third-order valence-electron chi connectivity index (χ3n) is 4.85. The third kappa shape index (κ3) is 2.44. The Morgan fingerprint density at radius 3 is 2.08 bits per heavy atom. The third-order valence-corrected chi connectivity index (χ3v) is 4.85. The average molecular weight is 342 g/mol. The van der Waals surface area contributed by atoms with Crippen molar-refractivity contribution >= 4 is 17.6 Å². The van der Waals surface area contributed by atoms with Crippen LogP contribution < -0.4 is 0 Å². The number of imide groups is 1. The lowest BCUT2D eigenvalue weighted by molar-refractivity contribution is 0.0596. The normalized spacial score (nSPS) is 17.3. The molecule has 2 aromatic rings.